The Morgan fingerprint density at radius 1 is 1.25 bits per heavy atom. The van der Waals surface area contributed by atoms with Crippen molar-refractivity contribution in [3.63, 3.8) is 0 Å². The van der Waals surface area contributed by atoms with Gasteiger partial charge in [0.1, 0.15) is 6.23 Å². The number of aliphatic hydroxyl groups excluding tert-OH is 2. The predicted molar refractivity (Wildman–Crippen MR) is 78.3 cm³/mol. The van der Waals surface area contributed by atoms with Crippen molar-refractivity contribution >= 4 is 5.69 Å². The number of fused-ring (bicyclic) bond motifs is 1. The van der Waals surface area contributed by atoms with Gasteiger partial charge < -0.3 is 15.1 Å². The number of hydrogen-bond donors (Lipinski definition) is 2. The van der Waals surface area contributed by atoms with Crippen molar-refractivity contribution in [1.29, 1.82) is 0 Å². The number of aryl methyl sites for hydroxylation is 1. The van der Waals surface area contributed by atoms with Gasteiger partial charge in [0.25, 0.3) is 0 Å². The van der Waals surface area contributed by atoms with E-state index in [0.717, 1.165) is 35.2 Å². The molecule has 0 spiro atoms. The molecule has 0 radical (unpaired) electrons. The molecule has 20 heavy (non-hydrogen) atoms. The number of anilines is 1. The lowest BCUT2D eigenvalue weighted by Gasteiger charge is -2.32. The molecule has 1 aliphatic heterocycles. The Hall–Kier alpha value is -1.91. The summed E-state index contributed by atoms with van der Waals surface area (Å²) < 4.78 is 0. The highest BCUT2D eigenvalue weighted by Gasteiger charge is 2.21. The number of benzene rings is 1. The largest absolute Gasteiger partial charge is 0.392 e. The molecule has 3 rings (SSSR count). The molecule has 1 unspecified atom stereocenters. The highest BCUT2D eigenvalue weighted by atomic mass is 16.3. The van der Waals surface area contributed by atoms with E-state index in [4.69, 9.17) is 0 Å². The Labute approximate surface area is 118 Å². The van der Waals surface area contributed by atoms with Crippen LogP contribution in [-0.4, -0.2) is 28.5 Å². The molecule has 1 aliphatic rings. The highest BCUT2D eigenvalue weighted by Crippen LogP contribution is 2.32. The van der Waals surface area contributed by atoms with Crippen LogP contribution in [0.3, 0.4) is 0 Å². The fourth-order valence-corrected chi connectivity index (χ4v) is 2.68. The average molecular weight is 270 g/mol. The number of hydrogen-bond acceptors (Lipinski definition) is 4. The first-order chi connectivity index (χ1) is 9.69. The molecule has 0 fully saturated rings. The Balaban J connectivity index is 2.00. The van der Waals surface area contributed by atoms with Crippen LogP contribution in [0.4, 0.5) is 5.69 Å². The summed E-state index contributed by atoms with van der Waals surface area (Å²) in [5.74, 6) is 0. The number of aliphatic hydroxyl groups is 2. The molecular formula is C16H18N2O2. The van der Waals surface area contributed by atoms with Gasteiger partial charge in [0.05, 0.1) is 6.61 Å². The smallest absolute Gasteiger partial charge is 0.126 e. The van der Waals surface area contributed by atoms with Crippen LogP contribution in [0.5, 0.6) is 0 Å². The second-order valence-corrected chi connectivity index (χ2v) is 5.21. The topological polar surface area (TPSA) is 56.6 Å². The van der Waals surface area contributed by atoms with Crippen LogP contribution in [0.2, 0.25) is 0 Å². The summed E-state index contributed by atoms with van der Waals surface area (Å²) in [6.07, 6.45) is 4.71. The van der Waals surface area contributed by atoms with Crippen LogP contribution in [0, 0.1) is 0 Å². The van der Waals surface area contributed by atoms with Gasteiger partial charge in [-0.3, -0.25) is 4.98 Å². The normalized spacial score (nSPS) is 17.9. The molecule has 0 bridgehead atoms. The molecule has 1 aromatic carbocycles. The first-order valence-corrected chi connectivity index (χ1v) is 6.78. The van der Waals surface area contributed by atoms with Gasteiger partial charge in [-0.2, -0.15) is 0 Å². The third kappa shape index (κ3) is 2.28. The third-order valence-electron chi connectivity index (χ3n) is 3.89. The lowest BCUT2D eigenvalue weighted by molar-refractivity contribution is 0.160. The van der Waals surface area contributed by atoms with Crippen LogP contribution in [-0.2, 0) is 13.0 Å². The maximum atomic E-state index is 9.87. The summed E-state index contributed by atoms with van der Waals surface area (Å²) >= 11 is 0. The number of aromatic nitrogens is 1. The second kappa shape index (κ2) is 5.23. The van der Waals surface area contributed by atoms with E-state index in [1.165, 1.54) is 5.56 Å². The predicted octanol–water partition coefficient (Wildman–Crippen LogP) is 1.94. The van der Waals surface area contributed by atoms with Crippen molar-refractivity contribution in [3.8, 4) is 11.1 Å². The fraction of sp³-hybridized carbons (Fsp3) is 0.312. The molecule has 0 amide bonds. The molecule has 2 aromatic rings. The Kier molecular flexibility index (Phi) is 3.42. The van der Waals surface area contributed by atoms with E-state index in [-0.39, 0.29) is 6.61 Å². The van der Waals surface area contributed by atoms with E-state index < -0.39 is 6.23 Å². The maximum absolute atomic E-state index is 9.87. The Morgan fingerprint density at radius 2 is 2.10 bits per heavy atom. The van der Waals surface area contributed by atoms with Gasteiger partial charge in [-0.05, 0) is 47.7 Å². The summed E-state index contributed by atoms with van der Waals surface area (Å²) in [6, 6.07) is 8.18. The summed E-state index contributed by atoms with van der Waals surface area (Å²) in [5.41, 5.74) is 5.24. The van der Waals surface area contributed by atoms with Crippen molar-refractivity contribution in [1.82, 2.24) is 4.98 Å². The zero-order valence-electron chi connectivity index (χ0n) is 11.5. The molecule has 1 aromatic heterocycles. The average Bonchev–Trinajstić information content (AvgIpc) is 2.51. The van der Waals surface area contributed by atoms with Crippen molar-refractivity contribution < 1.29 is 10.2 Å². The molecule has 0 saturated carbocycles. The molecule has 0 aliphatic carbocycles. The van der Waals surface area contributed by atoms with Crippen LogP contribution < -0.4 is 4.90 Å². The van der Waals surface area contributed by atoms with Crippen molar-refractivity contribution in [2.45, 2.75) is 25.7 Å². The number of pyridine rings is 1. The maximum Gasteiger partial charge on any atom is 0.126 e. The summed E-state index contributed by atoms with van der Waals surface area (Å²) in [4.78, 5) is 6.07. The van der Waals surface area contributed by atoms with Gasteiger partial charge in [-0.15, -0.1) is 0 Å². The third-order valence-corrected chi connectivity index (χ3v) is 3.89. The van der Waals surface area contributed by atoms with E-state index in [1.54, 1.807) is 6.20 Å². The molecule has 2 N–H and O–H groups in total. The Morgan fingerprint density at radius 3 is 2.90 bits per heavy atom. The zero-order chi connectivity index (χ0) is 14.1. The number of rotatable bonds is 2. The summed E-state index contributed by atoms with van der Waals surface area (Å²) in [7, 11) is 1.91. The minimum atomic E-state index is -0.396. The lowest BCUT2D eigenvalue weighted by Crippen LogP contribution is -2.35. The quantitative estimate of drug-likeness (QED) is 0.875. The van der Waals surface area contributed by atoms with E-state index >= 15 is 0 Å². The van der Waals surface area contributed by atoms with E-state index in [1.807, 2.05) is 36.3 Å². The highest BCUT2D eigenvalue weighted by molar-refractivity contribution is 5.69. The fourth-order valence-electron chi connectivity index (χ4n) is 2.68. The van der Waals surface area contributed by atoms with Gasteiger partial charge in [0.2, 0.25) is 0 Å². The van der Waals surface area contributed by atoms with Gasteiger partial charge >= 0.3 is 0 Å². The van der Waals surface area contributed by atoms with E-state index in [9.17, 15) is 10.2 Å². The van der Waals surface area contributed by atoms with Crippen LogP contribution in [0.1, 0.15) is 17.5 Å². The van der Waals surface area contributed by atoms with Crippen molar-refractivity contribution in [3.05, 3.63) is 47.8 Å². The molecule has 4 nitrogen and oxygen atoms in total. The van der Waals surface area contributed by atoms with Crippen LogP contribution in [0.15, 0.2) is 36.7 Å². The van der Waals surface area contributed by atoms with Gasteiger partial charge in [-0.1, -0.05) is 6.07 Å². The van der Waals surface area contributed by atoms with Crippen LogP contribution in [0.25, 0.3) is 11.1 Å². The molecular weight excluding hydrogens is 252 g/mol. The number of nitrogens with zero attached hydrogens (tertiary/aromatic N) is 2. The first kappa shape index (κ1) is 13.1. The van der Waals surface area contributed by atoms with Gasteiger partial charge in [0, 0.05) is 30.7 Å². The summed E-state index contributed by atoms with van der Waals surface area (Å²) in [6.45, 7) is 0.000705. The van der Waals surface area contributed by atoms with E-state index in [0.29, 0.717) is 0 Å². The second-order valence-electron chi connectivity index (χ2n) is 5.21. The molecule has 1 atom stereocenters. The molecule has 2 heterocycles. The minimum Gasteiger partial charge on any atom is -0.392 e. The Bertz CT molecular complexity index is 628. The lowest BCUT2D eigenvalue weighted by atomic mass is 9.96. The zero-order valence-corrected chi connectivity index (χ0v) is 11.5. The molecule has 4 heteroatoms. The van der Waals surface area contributed by atoms with Crippen molar-refractivity contribution in [2.24, 2.45) is 0 Å². The van der Waals surface area contributed by atoms with Gasteiger partial charge in [-0.25, -0.2) is 0 Å². The summed E-state index contributed by atoms with van der Waals surface area (Å²) in [5, 5.41) is 19.1. The molecule has 0 saturated heterocycles. The van der Waals surface area contributed by atoms with Crippen molar-refractivity contribution in [2.75, 3.05) is 11.9 Å². The SMILES string of the molecule is CN1c2ccc(-c3cncc(CO)c3)cc2CCC1O. The standard InChI is InChI=1S/C16H18N2O2/c1-18-15-4-2-12(7-13(15)3-5-16(18)20)14-6-11(10-19)8-17-9-14/h2,4,6-9,16,19-20H,3,5,10H2,1H3. The van der Waals surface area contributed by atoms with E-state index in [2.05, 4.69) is 11.1 Å². The molecule has 104 valence electrons. The van der Waals surface area contributed by atoms with Crippen LogP contribution >= 0.6 is 0 Å². The minimum absolute atomic E-state index is 0.000705. The monoisotopic (exact) mass is 270 g/mol. The first-order valence-electron chi connectivity index (χ1n) is 6.78. The van der Waals surface area contributed by atoms with Gasteiger partial charge in [0.15, 0.2) is 0 Å².